The van der Waals surface area contributed by atoms with E-state index in [4.69, 9.17) is 0 Å². The Balaban J connectivity index is 1.68. The zero-order valence-electron chi connectivity index (χ0n) is 20.2. The molecular formula is C26H23N5O7. The van der Waals surface area contributed by atoms with E-state index in [1.807, 2.05) is 6.07 Å². The number of benzene rings is 2. The van der Waals surface area contributed by atoms with E-state index in [2.05, 4.69) is 20.4 Å². The van der Waals surface area contributed by atoms with E-state index in [1.54, 1.807) is 34.7 Å². The molecular weight excluding hydrogens is 494 g/mol. The summed E-state index contributed by atoms with van der Waals surface area (Å²) in [5.74, 6) is -1.98. The van der Waals surface area contributed by atoms with Gasteiger partial charge in [-0.2, -0.15) is 0 Å². The van der Waals surface area contributed by atoms with Crippen molar-refractivity contribution in [2.24, 2.45) is 0 Å². The summed E-state index contributed by atoms with van der Waals surface area (Å²) in [6.45, 7) is -0.200. The molecule has 194 valence electrons. The Kier molecular flexibility index (Phi) is 7.61. The number of carboxylic acid groups (broad SMARTS) is 1. The summed E-state index contributed by atoms with van der Waals surface area (Å²) in [6, 6.07) is 16.6. The highest BCUT2D eigenvalue weighted by Gasteiger charge is 2.23. The molecule has 1 atom stereocenters. The predicted octanol–water partition coefficient (Wildman–Crippen LogP) is 2.92. The molecule has 0 saturated carbocycles. The van der Waals surface area contributed by atoms with Crippen LogP contribution in [0.3, 0.4) is 0 Å². The number of nitrogens with zero attached hydrogens (tertiary/aromatic N) is 3. The first-order chi connectivity index (χ1) is 18.3. The zero-order valence-corrected chi connectivity index (χ0v) is 20.2. The van der Waals surface area contributed by atoms with Crippen LogP contribution < -0.4 is 10.6 Å². The van der Waals surface area contributed by atoms with Crippen molar-refractivity contribution in [3.63, 3.8) is 0 Å². The van der Waals surface area contributed by atoms with Gasteiger partial charge in [-0.1, -0.05) is 42.5 Å². The summed E-state index contributed by atoms with van der Waals surface area (Å²) in [6.07, 6.45) is 1.64. The van der Waals surface area contributed by atoms with Crippen LogP contribution in [0.15, 0.2) is 72.9 Å². The van der Waals surface area contributed by atoms with Gasteiger partial charge in [-0.3, -0.25) is 24.1 Å². The van der Waals surface area contributed by atoms with Crippen LogP contribution >= 0.6 is 0 Å². The normalized spacial score (nSPS) is 11.5. The molecule has 0 aliphatic heterocycles. The first-order valence-electron chi connectivity index (χ1n) is 11.4. The van der Waals surface area contributed by atoms with Gasteiger partial charge in [0.1, 0.15) is 29.7 Å². The summed E-state index contributed by atoms with van der Waals surface area (Å²) < 4.78 is 6.26. The lowest BCUT2D eigenvalue weighted by atomic mass is 10.1. The molecule has 1 amide bonds. The number of rotatable bonds is 10. The van der Waals surface area contributed by atoms with Gasteiger partial charge in [-0.05, 0) is 17.7 Å². The highest BCUT2D eigenvalue weighted by atomic mass is 16.6. The number of aliphatic carboxylic acids is 1. The fourth-order valence-electron chi connectivity index (χ4n) is 3.84. The highest BCUT2D eigenvalue weighted by molar-refractivity contribution is 5.97. The smallest absolute Gasteiger partial charge is 0.326 e. The van der Waals surface area contributed by atoms with Crippen LogP contribution in [-0.4, -0.2) is 57.0 Å². The van der Waals surface area contributed by atoms with E-state index in [-0.39, 0.29) is 24.2 Å². The SMILES string of the molecule is COC(=O)CNc1c(-c2cccc([N+](=O)[O-])c2)nc2cc(C(=O)NC(Cc3ccccc3)C(=O)O)ccn12. The summed E-state index contributed by atoms with van der Waals surface area (Å²) in [4.78, 5) is 51.8. The Bertz CT molecular complexity index is 1520. The molecule has 2 aromatic carbocycles. The molecule has 38 heavy (non-hydrogen) atoms. The fourth-order valence-corrected chi connectivity index (χ4v) is 3.84. The molecule has 12 heteroatoms. The number of nitrogens with one attached hydrogen (secondary N) is 2. The third-order valence-corrected chi connectivity index (χ3v) is 5.73. The van der Waals surface area contributed by atoms with Crippen molar-refractivity contribution in [3.05, 3.63) is 94.2 Å². The van der Waals surface area contributed by atoms with Gasteiger partial charge in [0.15, 0.2) is 0 Å². The van der Waals surface area contributed by atoms with Crippen molar-refractivity contribution in [3.8, 4) is 11.3 Å². The maximum atomic E-state index is 13.0. The number of imidazole rings is 1. The third-order valence-electron chi connectivity index (χ3n) is 5.73. The standard InChI is InChI=1S/C26H23N5O7/c1-38-22(32)15-27-24-23(17-8-5-9-19(13-17)31(36)37)29-21-14-18(10-11-30(21)24)25(33)28-20(26(34)35)12-16-6-3-2-4-7-16/h2-11,13-14,20,27H,12,15H2,1H3,(H,28,33)(H,34,35). The first kappa shape index (κ1) is 25.8. The second kappa shape index (κ2) is 11.2. The lowest BCUT2D eigenvalue weighted by Crippen LogP contribution is -2.42. The number of anilines is 1. The zero-order chi connectivity index (χ0) is 27.2. The molecule has 0 aliphatic carbocycles. The number of amides is 1. The molecule has 4 aromatic rings. The Labute approximate surface area is 216 Å². The molecule has 0 bridgehead atoms. The Morgan fingerprint density at radius 1 is 1.11 bits per heavy atom. The number of nitro benzene ring substituents is 1. The van der Waals surface area contributed by atoms with E-state index >= 15 is 0 Å². The van der Waals surface area contributed by atoms with Gasteiger partial charge in [-0.25, -0.2) is 9.78 Å². The number of pyridine rings is 1. The molecule has 2 aromatic heterocycles. The van der Waals surface area contributed by atoms with E-state index < -0.39 is 28.8 Å². The lowest BCUT2D eigenvalue weighted by molar-refractivity contribution is -0.384. The number of carboxylic acids is 1. The summed E-state index contributed by atoms with van der Waals surface area (Å²) in [5, 5.41) is 26.4. The van der Waals surface area contributed by atoms with Crippen molar-refractivity contribution in [1.29, 1.82) is 0 Å². The minimum Gasteiger partial charge on any atom is -0.480 e. The minimum atomic E-state index is -1.17. The largest absolute Gasteiger partial charge is 0.480 e. The van der Waals surface area contributed by atoms with Gasteiger partial charge in [0.2, 0.25) is 0 Å². The Morgan fingerprint density at radius 2 is 1.87 bits per heavy atom. The van der Waals surface area contributed by atoms with Crippen molar-refractivity contribution in [1.82, 2.24) is 14.7 Å². The highest BCUT2D eigenvalue weighted by Crippen LogP contribution is 2.31. The number of nitro groups is 1. The lowest BCUT2D eigenvalue weighted by Gasteiger charge is -2.15. The molecule has 2 heterocycles. The maximum Gasteiger partial charge on any atom is 0.326 e. The van der Waals surface area contributed by atoms with E-state index in [9.17, 15) is 29.6 Å². The summed E-state index contributed by atoms with van der Waals surface area (Å²) in [7, 11) is 1.24. The van der Waals surface area contributed by atoms with Crippen LogP contribution in [0.25, 0.3) is 16.9 Å². The van der Waals surface area contributed by atoms with Crippen molar-refractivity contribution < 1.29 is 29.2 Å². The quantitative estimate of drug-likeness (QED) is 0.163. The fraction of sp³-hybridized carbons (Fsp3) is 0.154. The number of fused-ring (bicyclic) bond motifs is 1. The Hall–Kier alpha value is -5.26. The second-order valence-electron chi connectivity index (χ2n) is 8.24. The summed E-state index contributed by atoms with van der Waals surface area (Å²) >= 11 is 0. The molecule has 0 radical (unpaired) electrons. The third kappa shape index (κ3) is 5.75. The molecule has 12 nitrogen and oxygen atoms in total. The number of hydrogen-bond acceptors (Lipinski definition) is 8. The van der Waals surface area contributed by atoms with Crippen LogP contribution in [0, 0.1) is 10.1 Å². The monoisotopic (exact) mass is 517 g/mol. The van der Waals surface area contributed by atoms with E-state index in [0.29, 0.717) is 22.7 Å². The van der Waals surface area contributed by atoms with Crippen LogP contribution in [0.5, 0.6) is 0 Å². The number of carbonyl (C=O) groups excluding carboxylic acids is 2. The van der Waals surface area contributed by atoms with Crippen molar-refractivity contribution in [2.75, 3.05) is 19.0 Å². The number of ether oxygens (including phenoxy) is 1. The minimum absolute atomic E-state index is 0.103. The number of hydrogen-bond donors (Lipinski definition) is 3. The van der Waals surface area contributed by atoms with Crippen LogP contribution in [0.2, 0.25) is 0 Å². The first-order valence-corrected chi connectivity index (χ1v) is 11.4. The molecule has 0 fully saturated rings. The maximum absolute atomic E-state index is 13.0. The van der Waals surface area contributed by atoms with Gasteiger partial charge >= 0.3 is 11.9 Å². The number of non-ortho nitro benzene ring substituents is 1. The molecule has 3 N–H and O–H groups in total. The van der Waals surface area contributed by atoms with E-state index in [0.717, 1.165) is 5.56 Å². The van der Waals surface area contributed by atoms with Crippen LogP contribution in [0.1, 0.15) is 15.9 Å². The number of carbonyl (C=O) groups is 3. The predicted molar refractivity (Wildman–Crippen MR) is 137 cm³/mol. The topological polar surface area (TPSA) is 165 Å². The average molecular weight is 517 g/mol. The van der Waals surface area contributed by atoms with Crippen molar-refractivity contribution >= 4 is 35.0 Å². The molecule has 1 unspecified atom stereocenters. The van der Waals surface area contributed by atoms with Gasteiger partial charge in [0, 0.05) is 35.9 Å². The summed E-state index contributed by atoms with van der Waals surface area (Å²) in [5.41, 5.74) is 1.79. The number of aromatic nitrogens is 2. The Morgan fingerprint density at radius 3 is 2.55 bits per heavy atom. The molecule has 0 spiro atoms. The number of methoxy groups -OCH3 is 1. The van der Waals surface area contributed by atoms with Gasteiger partial charge < -0.3 is 20.5 Å². The second-order valence-corrected chi connectivity index (χ2v) is 8.24. The van der Waals surface area contributed by atoms with E-state index in [1.165, 1.54) is 43.6 Å². The van der Waals surface area contributed by atoms with Gasteiger partial charge in [0.25, 0.3) is 11.6 Å². The molecule has 0 saturated heterocycles. The van der Waals surface area contributed by atoms with Gasteiger partial charge in [-0.15, -0.1) is 0 Å². The average Bonchev–Trinajstić information content (AvgIpc) is 3.29. The van der Waals surface area contributed by atoms with Gasteiger partial charge in [0.05, 0.1) is 12.0 Å². The number of esters is 1. The molecule has 4 rings (SSSR count). The van der Waals surface area contributed by atoms with Crippen molar-refractivity contribution in [2.45, 2.75) is 12.5 Å². The molecule has 0 aliphatic rings. The van der Waals surface area contributed by atoms with Crippen LogP contribution in [-0.2, 0) is 20.7 Å². The van der Waals surface area contributed by atoms with Crippen LogP contribution in [0.4, 0.5) is 11.5 Å².